The lowest BCUT2D eigenvalue weighted by molar-refractivity contribution is 0.0150. The molecule has 0 heterocycles. The molecule has 7 atom stereocenters. The Kier molecular flexibility index (Phi) is 7.61. The van der Waals surface area contributed by atoms with Crippen molar-refractivity contribution in [1.29, 1.82) is 0 Å². The first-order valence-electron chi connectivity index (χ1n) is 12.6. The van der Waals surface area contributed by atoms with Crippen LogP contribution in [0.3, 0.4) is 0 Å². The van der Waals surface area contributed by atoms with Crippen molar-refractivity contribution >= 4 is 0 Å². The monoisotopic (exact) mass is 430 g/mol. The summed E-state index contributed by atoms with van der Waals surface area (Å²) in [6.45, 7) is 15.1. The number of aliphatic hydroxyl groups is 3. The third-order valence-corrected chi connectivity index (χ3v) is 9.25. The van der Waals surface area contributed by atoms with Gasteiger partial charge in [-0.25, -0.2) is 0 Å². The molecule has 6 unspecified atom stereocenters. The van der Waals surface area contributed by atoms with Crippen LogP contribution in [0.1, 0.15) is 92.4 Å². The van der Waals surface area contributed by atoms with Crippen LogP contribution >= 0.6 is 0 Å². The maximum atomic E-state index is 10.3. The molecule has 31 heavy (non-hydrogen) atoms. The molecule has 0 aromatic rings. The third kappa shape index (κ3) is 5.37. The van der Waals surface area contributed by atoms with Gasteiger partial charge in [-0.15, -0.1) is 0 Å². The van der Waals surface area contributed by atoms with Crippen LogP contribution in [0.5, 0.6) is 0 Å². The van der Waals surface area contributed by atoms with Crippen molar-refractivity contribution in [1.82, 2.24) is 0 Å². The van der Waals surface area contributed by atoms with Crippen LogP contribution in [-0.2, 0) is 0 Å². The molecular formula is C28H46O3. The van der Waals surface area contributed by atoms with E-state index < -0.39 is 17.8 Å². The predicted molar refractivity (Wildman–Crippen MR) is 129 cm³/mol. The lowest BCUT2D eigenvalue weighted by Crippen LogP contribution is -2.36. The first-order valence-corrected chi connectivity index (χ1v) is 12.6. The van der Waals surface area contributed by atoms with E-state index in [0.717, 1.165) is 23.5 Å². The summed E-state index contributed by atoms with van der Waals surface area (Å²) in [7, 11) is 0. The fraction of sp³-hybridized carbons (Fsp3) is 0.786. The number of fused-ring (bicyclic) bond motifs is 1. The van der Waals surface area contributed by atoms with E-state index >= 15 is 0 Å². The average Bonchev–Trinajstić information content (AvgIpc) is 3.04. The minimum Gasteiger partial charge on any atom is -0.393 e. The van der Waals surface area contributed by atoms with Gasteiger partial charge in [0.05, 0.1) is 17.8 Å². The molecule has 3 rings (SSSR count). The third-order valence-electron chi connectivity index (χ3n) is 9.25. The molecule has 0 bridgehead atoms. The molecule has 0 spiro atoms. The van der Waals surface area contributed by atoms with E-state index in [4.69, 9.17) is 0 Å². The van der Waals surface area contributed by atoms with Gasteiger partial charge in [-0.2, -0.15) is 0 Å². The highest BCUT2D eigenvalue weighted by Gasteiger charge is 2.50. The van der Waals surface area contributed by atoms with Gasteiger partial charge in [0.25, 0.3) is 0 Å². The minimum absolute atomic E-state index is 0.322. The number of allylic oxidation sites excluding steroid dienone is 3. The van der Waals surface area contributed by atoms with Crippen molar-refractivity contribution in [2.45, 2.75) is 110 Å². The van der Waals surface area contributed by atoms with Crippen molar-refractivity contribution < 1.29 is 15.3 Å². The summed E-state index contributed by atoms with van der Waals surface area (Å²) in [4.78, 5) is 0. The molecule has 3 saturated carbocycles. The highest BCUT2D eigenvalue weighted by molar-refractivity contribution is 5.38. The summed E-state index contributed by atoms with van der Waals surface area (Å²) >= 11 is 0. The zero-order chi connectivity index (χ0) is 23.0. The van der Waals surface area contributed by atoms with E-state index in [1.807, 2.05) is 13.8 Å². The van der Waals surface area contributed by atoms with Gasteiger partial charge in [-0.1, -0.05) is 51.5 Å². The van der Waals surface area contributed by atoms with E-state index in [0.29, 0.717) is 36.0 Å². The molecule has 0 amide bonds. The molecule has 3 nitrogen and oxygen atoms in total. The van der Waals surface area contributed by atoms with E-state index in [9.17, 15) is 15.3 Å². The molecule has 0 aromatic carbocycles. The molecule has 0 saturated heterocycles. The van der Waals surface area contributed by atoms with Crippen LogP contribution in [0.4, 0.5) is 0 Å². The second-order valence-electron chi connectivity index (χ2n) is 11.8. The molecular weight excluding hydrogens is 384 g/mol. The van der Waals surface area contributed by atoms with Gasteiger partial charge in [0.15, 0.2) is 0 Å². The number of hydrogen-bond donors (Lipinski definition) is 3. The van der Waals surface area contributed by atoms with E-state index in [1.54, 1.807) is 5.57 Å². The zero-order valence-corrected chi connectivity index (χ0v) is 20.5. The number of aliphatic hydroxyl groups excluding tert-OH is 2. The summed E-state index contributed by atoms with van der Waals surface area (Å²) in [6, 6.07) is 0. The van der Waals surface area contributed by atoms with Crippen LogP contribution in [0.25, 0.3) is 0 Å². The van der Waals surface area contributed by atoms with Crippen LogP contribution in [0.2, 0.25) is 0 Å². The number of rotatable bonds is 6. The van der Waals surface area contributed by atoms with Crippen molar-refractivity contribution in [3.63, 3.8) is 0 Å². The standard InChI is InChI=1S/C28H46O3/c1-18(9-10-19(2)27(4,5)31)24-13-14-25-21(8-7-15-28(24,25)6)11-12-22-16-23(29)17-26(30)20(22)3/h11-12,18-19,23-26,29-31H,3,7-10,13-17H2,1-2,4-6H3/b21-11+,22-12-/t18?,19?,23?,24?,25?,26?,28-/m1/s1. The second-order valence-corrected chi connectivity index (χ2v) is 11.8. The lowest BCUT2D eigenvalue weighted by Gasteiger charge is -2.44. The zero-order valence-electron chi connectivity index (χ0n) is 20.5. The van der Waals surface area contributed by atoms with Gasteiger partial charge in [0, 0.05) is 6.42 Å². The van der Waals surface area contributed by atoms with E-state index in [-0.39, 0.29) is 0 Å². The van der Waals surface area contributed by atoms with Crippen LogP contribution in [0.15, 0.2) is 35.5 Å². The fourth-order valence-electron chi connectivity index (χ4n) is 6.75. The van der Waals surface area contributed by atoms with Gasteiger partial charge in [-0.3, -0.25) is 0 Å². The van der Waals surface area contributed by atoms with Gasteiger partial charge in [0.2, 0.25) is 0 Å². The fourth-order valence-corrected chi connectivity index (χ4v) is 6.75. The van der Waals surface area contributed by atoms with Crippen LogP contribution in [0, 0.1) is 29.1 Å². The summed E-state index contributed by atoms with van der Waals surface area (Å²) in [5.74, 6) is 2.39. The first kappa shape index (κ1) is 24.7. The summed E-state index contributed by atoms with van der Waals surface area (Å²) in [5.41, 5.74) is 3.11. The topological polar surface area (TPSA) is 60.7 Å². The average molecular weight is 431 g/mol. The Balaban J connectivity index is 1.71. The van der Waals surface area contributed by atoms with E-state index in [1.165, 1.54) is 38.5 Å². The molecule has 3 aliphatic carbocycles. The first-order chi connectivity index (χ1) is 14.4. The molecule has 0 aliphatic heterocycles. The van der Waals surface area contributed by atoms with Gasteiger partial charge in [-0.05, 0) is 99.0 Å². The van der Waals surface area contributed by atoms with E-state index in [2.05, 4.69) is 39.5 Å². The molecule has 3 fully saturated rings. The SMILES string of the molecule is C=C1/C(=C\C=C2/CCC[C@@]3(C)C2CCC3C(C)CCC(C)C(C)(C)O)CC(O)CC1O. The quantitative estimate of drug-likeness (QED) is 0.488. The highest BCUT2D eigenvalue weighted by atomic mass is 16.3. The molecule has 176 valence electrons. The second kappa shape index (κ2) is 9.53. The Morgan fingerprint density at radius 1 is 1.16 bits per heavy atom. The summed E-state index contributed by atoms with van der Waals surface area (Å²) in [6.07, 6.45) is 12.9. The summed E-state index contributed by atoms with van der Waals surface area (Å²) in [5, 5.41) is 30.5. The maximum Gasteiger partial charge on any atom is 0.0811 e. The summed E-state index contributed by atoms with van der Waals surface area (Å²) < 4.78 is 0. The van der Waals surface area contributed by atoms with Crippen LogP contribution < -0.4 is 0 Å². The molecule has 3 heteroatoms. The largest absolute Gasteiger partial charge is 0.393 e. The Bertz CT molecular complexity index is 712. The molecule has 0 aromatic heterocycles. The van der Waals surface area contributed by atoms with Crippen molar-refractivity contribution in [2.24, 2.45) is 29.1 Å². The van der Waals surface area contributed by atoms with Gasteiger partial charge < -0.3 is 15.3 Å². The van der Waals surface area contributed by atoms with Crippen molar-refractivity contribution in [3.05, 3.63) is 35.5 Å². The van der Waals surface area contributed by atoms with Crippen molar-refractivity contribution in [2.75, 3.05) is 0 Å². The lowest BCUT2D eigenvalue weighted by atomic mass is 9.60. The van der Waals surface area contributed by atoms with Gasteiger partial charge in [0.1, 0.15) is 0 Å². The Morgan fingerprint density at radius 2 is 1.87 bits per heavy atom. The highest BCUT2D eigenvalue weighted by Crippen LogP contribution is 2.60. The smallest absolute Gasteiger partial charge is 0.0811 e. The molecule has 3 aliphatic rings. The Labute approximate surface area is 190 Å². The normalized spacial score (nSPS) is 39.0. The predicted octanol–water partition coefficient (Wildman–Crippen LogP) is 5.95. The Morgan fingerprint density at radius 3 is 2.55 bits per heavy atom. The molecule has 3 N–H and O–H groups in total. The van der Waals surface area contributed by atoms with Crippen LogP contribution in [-0.4, -0.2) is 33.1 Å². The minimum atomic E-state index is -0.618. The van der Waals surface area contributed by atoms with Gasteiger partial charge >= 0.3 is 0 Å². The maximum absolute atomic E-state index is 10.3. The van der Waals surface area contributed by atoms with Crippen molar-refractivity contribution in [3.8, 4) is 0 Å². The number of hydrogen-bond acceptors (Lipinski definition) is 3. The molecule has 0 radical (unpaired) electrons. The Hall–Kier alpha value is -0.900.